The molecule has 0 atom stereocenters. The van der Waals surface area contributed by atoms with Gasteiger partial charge >= 0.3 is 0 Å². The molecule has 1 amide bonds. The number of nitrogens with one attached hydrogen (secondary N) is 1. The molecular formula is C16H15BrN4O. The standard InChI is InChI=1S/C16H15BrN4O/c1-10(2)14-19-15-13(7-4-8-21(15)20-14)18-16(22)11-5-3-6-12(17)9-11/h3-10H,1-2H3,(H,18,22). The smallest absolute Gasteiger partial charge is 0.255 e. The Bertz CT molecular complexity index is 841. The van der Waals surface area contributed by atoms with Crippen molar-refractivity contribution < 1.29 is 4.79 Å². The first-order valence-corrected chi connectivity index (χ1v) is 7.76. The van der Waals surface area contributed by atoms with Crippen LogP contribution in [0.15, 0.2) is 47.1 Å². The van der Waals surface area contributed by atoms with E-state index in [1.54, 1.807) is 16.6 Å². The van der Waals surface area contributed by atoms with Crippen LogP contribution >= 0.6 is 15.9 Å². The summed E-state index contributed by atoms with van der Waals surface area (Å²) in [4.78, 5) is 16.9. The summed E-state index contributed by atoms with van der Waals surface area (Å²) < 4.78 is 2.55. The van der Waals surface area contributed by atoms with E-state index in [9.17, 15) is 4.79 Å². The van der Waals surface area contributed by atoms with Crippen molar-refractivity contribution in [3.8, 4) is 0 Å². The summed E-state index contributed by atoms with van der Waals surface area (Å²) in [5.41, 5.74) is 1.88. The lowest BCUT2D eigenvalue weighted by molar-refractivity contribution is 0.102. The second-order valence-electron chi connectivity index (χ2n) is 5.28. The van der Waals surface area contributed by atoms with Gasteiger partial charge in [0.15, 0.2) is 11.5 Å². The molecular weight excluding hydrogens is 344 g/mol. The SMILES string of the molecule is CC(C)c1nc2c(NC(=O)c3cccc(Br)c3)cccn2n1. The van der Waals surface area contributed by atoms with Crippen LogP contribution in [0.3, 0.4) is 0 Å². The Hall–Kier alpha value is -2.21. The molecule has 3 rings (SSSR count). The van der Waals surface area contributed by atoms with Gasteiger partial charge in [0.25, 0.3) is 5.91 Å². The van der Waals surface area contributed by atoms with Crippen LogP contribution in [-0.4, -0.2) is 20.5 Å². The van der Waals surface area contributed by atoms with Crippen LogP contribution < -0.4 is 5.32 Å². The molecule has 0 saturated carbocycles. The van der Waals surface area contributed by atoms with Gasteiger partial charge in [-0.3, -0.25) is 4.79 Å². The highest BCUT2D eigenvalue weighted by atomic mass is 79.9. The maximum atomic E-state index is 12.4. The molecule has 2 aromatic heterocycles. The normalized spacial score (nSPS) is 11.1. The third-order valence-electron chi connectivity index (χ3n) is 3.23. The van der Waals surface area contributed by atoms with Gasteiger partial charge in [-0.1, -0.05) is 35.8 Å². The fourth-order valence-corrected chi connectivity index (χ4v) is 2.49. The van der Waals surface area contributed by atoms with E-state index < -0.39 is 0 Å². The lowest BCUT2D eigenvalue weighted by Gasteiger charge is -2.06. The molecule has 6 heteroatoms. The lowest BCUT2D eigenvalue weighted by atomic mass is 10.2. The van der Waals surface area contributed by atoms with Crippen molar-refractivity contribution in [1.29, 1.82) is 0 Å². The Morgan fingerprint density at radius 2 is 2.09 bits per heavy atom. The number of halogens is 1. The van der Waals surface area contributed by atoms with E-state index in [1.807, 2.05) is 44.3 Å². The first-order valence-electron chi connectivity index (χ1n) is 6.97. The number of benzene rings is 1. The Kier molecular flexibility index (Phi) is 3.94. The number of nitrogens with zero attached hydrogens (tertiary/aromatic N) is 3. The third-order valence-corrected chi connectivity index (χ3v) is 3.72. The number of hydrogen-bond donors (Lipinski definition) is 1. The number of anilines is 1. The minimum absolute atomic E-state index is 0.177. The summed E-state index contributed by atoms with van der Waals surface area (Å²) in [6.07, 6.45) is 1.82. The van der Waals surface area contributed by atoms with Crippen LogP contribution in [0, 0.1) is 0 Å². The number of aromatic nitrogens is 3. The first-order chi connectivity index (χ1) is 10.5. The Balaban J connectivity index is 1.95. The van der Waals surface area contributed by atoms with Gasteiger partial charge in [0.2, 0.25) is 0 Å². The summed E-state index contributed by atoms with van der Waals surface area (Å²) in [5.74, 6) is 0.807. The van der Waals surface area contributed by atoms with Crippen molar-refractivity contribution in [2.45, 2.75) is 19.8 Å². The number of hydrogen-bond acceptors (Lipinski definition) is 3. The molecule has 0 unspecified atom stereocenters. The zero-order valence-electron chi connectivity index (χ0n) is 12.2. The van der Waals surface area contributed by atoms with Gasteiger partial charge in [-0.2, -0.15) is 5.10 Å². The molecule has 2 heterocycles. The van der Waals surface area contributed by atoms with Crippen molar-refractivity contribution in [3.63, 3.8) is 0 Å². The van der Waals surface area contributed by atoms with Gasteiger partial charge in [-0.05, 0) is 30.3 Å². The van der Waals surface area contributed by atoms with E-state index in [0.717, 1.165) is 10.3 Å². The van der Waals surface area contributed by atoms with Crippen LogP contribution in [0.1, 0.15) is 35.9 Å². The predicted molar refractivity (Wildman–Crippen MR) is 89.2 cm³/mol. The Labute approximate surface area is 136 Å². The number of pyridine rings is 1. The van der Waals surface area contributed by atoms with Crippen LogP contribution in [0.4, 0.5) is 5.69 Å². The van der Waals surface area contributed by atoms with Crippen molar-refractivity contribution in [2.24, 2.45) is 0 Å². The molecule has 0 radical (unpaired) electrons. The zero-order valence-corrected chi connectivity index (χ0v) is 13.8. The van der Waals surface area contributed by atoms with E-state index in [0.29, 0.717) is 16.9 Å². The highest BCUT2D eigenvalue weighted by Gasteiger charge is 2.13. The summed E-state index contributed by atoms with van der Waals surface area (Å²) in [5, 5.41) is 7.31. The average Bonchev–Trinajstić information content (AvgIpc) is 2.92. The van der Waals surface area contributed by atoms with E-state index in [1.165, 1.54) is 0 Å². The van der Waals surface area contributed by atoms with Gasteiger partial charge in [0, 0.05) is 22.2 Å². The third kappa shape index (κ3) is 2.87. The maximum Gasteiger partial charge on any atom is 0.255 e. The van der Waals surface area contributed by atoms with Gasteiger partial charge in [-0.15, -0.1) is 0 Å². The number of rotatable bonds is 3. The second-order valence-corrected chi connectivity index (χ2v) is 6.19. The van der Waals surface area contributed by atoms with Gasteiger partial charge in [-0.25, -0.2) is 9.50 Å². The summed E-state index contributed by atoms with van der Waals surface area (Å²) in [6, 6.07) is 10.9. The van der Waals surface area contributed by atoms with Crippen molar-refractivity contribution in [2.75, 3.05) is 5.32 Å². The number of carbonyl (C=O) groups is 1. The molecule has 0 fully saturated rings. The minimum Gasteiger partial charge on any atom is -0.319 e. The molecule has 1 aromatic carbocycles. The van der Waals surface area contributed by atoms with Crippen LogP contribution in [0.25, 0.3) is 5.65 Å². The fourth-order valence-electron chi connectivity index (χ4n) is 2.09. The monoisotopic (exact) mass is 358 g/mol. The van der Waals surface area contributed by atoms with Crippen LogP contribution in [-0.2, 0) is 0 Å². The van der Waals surface area contributed by atoms with E-state index in [2.05, 4.69) is 31.3 Å². The molecule has 22 heavy (non-hydrogen) atoms. The summed E-state index contributed by atoms with van der Waals surface area (Å²) in [6.45, 7) is 4.07. The number of fused-ring (bicyclic) bond motifs is 1. The minimum atomic E-state index is -0.177. The molecule has 0 bridgehead atoms. The van der Waals surface area contributed by atoms with Gasteiger partial charge in [0.05, 0.1) is 5.69 Å². The fraction of sp³-hybridized carbons (Fsp3) is 0.188. The van der Waals surface area contributed by atoms with Crippen LogP contribution in [0.5, 0.6) is 0 Å². The molecule has 1 N–H and O–H groups in total. The quantitative estimate of drug-likeness (QED) is 0.772. The highest BCUT2D eigenvalue weighted by molar-refractivity contribution is 9.10. The Morgan fingerprint density at radius 1 is 1.27 bits per heavy atom. The average molecular weight is 359 g/mol. The second kappa shape index (κ2) is 5.88. The molecule has 0 aliphatic heterocycles. The summed E-state index contributed by atoms with van der Waals surface area (Å²) >= 11 is 3.37. The van der Waals surface area contributed by atoms with Crippen LogP contribution in [0.2, 0.25) is 0 Å². The molecule has 112 valence electrons. The summed E-state index contributed by atoms with van der Waals surface area (Å²) in [7, 11) is 0. The number of carbonyl (C=O) groups excluding carboxylic acids is 1. The Morgan fingerprint density at radius 3 is 2.82 bits per heavy atom. The first kappa shape index (κ1) is 14.7. The molecule has 5 nitrogen and oxygen atoms in total. The molecule has 0 aliphatic carbocycles. The molecule has 3 aromatic rings. The highest BCUT2D eigenvalue weighted by Crippen LogP contribution is 2.19. The molecule has 0 aliphatic rings. The zero-order chi connectivity index (χ0) is 15.7. The topological polar surface area (TPSA) is 59.3 Å². The van der Waals surface area contributed by atoms with Gasteiger partial charge in [0.1, 0.15) is 0 Å². The maximum absolute atomic E-state index is 12.4. The van der Waals surface area contributed by atoms with E-state index in [4.69, 9.17) is 0 Å². The van der Waals surface area contributed by atoms with Crippen molar-refractivity contribution in [1.82, 2.24) is 14.6 Å². The number of amides is 1. The van der Waals surface area contributed by atoms with E-state index in [-0.39, 0.29) is 11.8 Å². The van der Waals surface area contributed by atoms with Gasteiger partial charge < -0.3 is 5.32 Å². The van der Waals surface area contributed by atoms with Crippen molar-refractivity contribution >= 4 is 33.2 Å². The predicted octanol–water partition coefficient (Wildman–Crippen LogP) is 3.87. The lowest BCUT2D eigenvalue weighted by Crippen LogP contribution is -2.12. The largest absolute Gasteiger partial charge is 0.319 e. The van der Waals surface area contributed by atoms with Crippen molar-refractivity contribution in [3.05, 3.63) is 58.5 Å². The molecule has 0 spiro atoms. The molecule has 0 saturated heterocycles. The van der Waals surface area contributed by atoms with E-state index >= 15 is 0 Å².